The van der Waals surface area contributed by atoms with Crippen molar-refractivity contribution >= 4 is 26.6 Å². The maximum Gasteiger partial charge on any atom is 0.261 e. The third kappa shape index (κ3) is 2.75. The maximum absolute atomic E-state index is 12.5. The summed E-state index contributed by atoms with van der Waals surface area (Å²) in [5.41, 5.74) is 1.11. The molecule has 6 nitrogen and oxygen atoms in total. The molecule has 0 amide bonds. The molecule has 0 aliphatic rings. The van der Waals surface area contributed by atoms with Gasteiger partial charge in [0.05, 0.1) is 28.9 Å². The van der Waals surface area contributed by atoms with Crippen molar-refractivity contribution in [2.75, 3.05) is 11.3 Å². The van der Waals surface area contributed by atoms with Gasteiger partial charge >= 0.3 is 0 Å². The van der Waals surface area contributed by atoms with Crippen LogP contribution in [0.15, 0.2) is 53.6 Å². The molecule has 2 N–H and O–H groups in total. The Morgan fingerprint density at radius 1 is 1.18 bits per heavy atom. The van der Waals surface area contributed by atoms with Crippen molar-refractivity contribution < 1.29 is 13.2 Å². The third-order valence-corrected chi connectivity index (χ3v) is 4.55. The van der Waals surface area contributed by atoms with Crippen LogP contribution in [0.4, 0.5) is 5.69 Å². The van der Waals surface area contributed by atoms with E-state index in [1.54, 1.807) is 30.5 Å². The lowest BCUT2D eigenvalue weighted by molar-refractivity contribution is 0.340. The molecule has 3 aromatic rings. The van der Waals surface area contributed by atoms with Gasteiger partial charge in [0.25, 0.3) is 10.0 Å². The number of aromatic nitrogens is 2. The van der Waals surface area contributed by atoms with Crippen molar-refractivity contribution in [1.82, 2.24) is 10.2 Å². The van der Waals surface area contributed by atoms with Crippen LogP contribution in [0.3, 0.4) is 0 Å². The number of nitrogens with one attached hydrogen (secondary N) is 2. The Balaban J connectivity index is 1.91. The summed E-state index contributed by atoms with van der Waals surface area (Å²) in [6.45, 7) is 2.41. The lowest BCUT2D eigenvalue weighted by Gasteiger charge is -2.09. The molecule has 0 aliphatic heterocycles. The van der Waals surface area contributed by atoms with Gasteiger partial charge in [0.1, 0.15) is 5.75 Å². The summed E-state index contributed by atoms with van der Waals surface area (Å²) in [7, 11) is -3.67. The van der Waals surface area contributed by atoms with E-state index in [1.165, 1.54) is 12.1 Å². The topological polar surface area (TPSA) is 84.1 Å². The molecule has 0 saturated carbocycles. The summed E-state index contributed by atoms with van der Waals surface area (Å²) in [6, 6.07) is 11.6. The summed E-state index contributed by atoms with van der Waals surface area (Å²) in [4.78, 5) is 0.174. The number of nitrogens with zero attached hydrogens (tertiary/aromatic N) is 1. The SMILES string of the molecule is CCOc1ccc(S(=O)(=O)Nc2cccc3cn[nH]c23)cc1. The first-order valence-electron chi connectivity index (χ1n) is 6.78. The fourth-order valence-corrected chi connectivity index (χ4v) is 3.21. The van der Waals surface area contributed by atoms with E-state index in [0.29, 0.717) is 23.6 Å². The van der Waals surface area contributed by atoms with Gasteiger partial charge in [-0.3, -0.25) is 9.82 Å². The van der Waals surface area contributed by atoms with Crippen molar-refractivity contribution in [2.24, 2.45) is 0 Å². The summed E-state index contributed by atoms with van der Waals surface area (Å²) in [5, 5.41) is 7.55. The van der Waals surface area contributed by atoms with Crippen molar-refractivity contribution in [3.05, 3.63) is 48.7 Å². The highest BCUT2D eigenvalue weighted by atomic mass is 32.2. The first-order chi connectivity index (χ1) is 10.6. The Bertz CT molecular complexity index is 886. The fraction of sp³-hybridized carbons (Fsp3) is 0.133. The highest BCUT2D eigenvalue weighted by Crippen LogP contribution is 2.24. The zero-order valence-corrected chi connectivity index (χ0v) is 12.7. The van der Waals surface area contributed by atoms with E-state index in [2.05, 4.69) is 14.9 Å². The second-order valence-corrected chi connectivity index (χ2v) is 6.33. The van der Waals surface area contributed by atoms with Crippen LogP contribution in [0.25, 0.3) is 10.9 Å². The molecule has 0 saturated heterocycles. The number of sulfonamides is 1. The number of para-hydroxylation sites is 1. The monoisotopic (exact) mass is 317 g/mol. The molecular weight excluding hydrogens is 302 g/mol. The van der Waals surface area contributed by atoms with Crippen molar-refractivity contribution in [3.8, 4) is 5.75 Å². The van der Waals surface area contributed by atoms with E-state index in [0.717, 1.165) is 5.39 Å². The number of benzene rings is 2. The minimum Gasteiger partial charge on any atom is -0.494 e. The van der Waals surface area contributed by atoms with Crippen LogP contribution in [0.5, 0.6) is 5.75 Å². The maximum atomic E-state index is 12.5. The molecule has 7 heteroatoms. The highest BCUT2D eigenvalue weighted by Gasteiger charge is 2.16. The van der Waals surface area contributed by atoms with E-state index in [1.807, 2.05) is 13.0 Å². The normalized spacial score (nSPS) is 11.5. The van der Waals surface area contributed by atoms with Crippen molar-refractivity contribution in [3.63, 3.8) is 0 Å². The van der Waals surface area contributed by atoms with Crippen LogP contribution in [0, 0.1) is 0 Å². The Morgan fingerprint density at radius 3 is 2.68 bits per heavy atom. The van der Waals surface area contributed by atoms with E-state index in [4.69, 9.17) is 4.74 Å². The van der Waals surface area contributed by atoms with Crippen LogP contribution >= 0.6 is 0 Å². The Kier molecular flexibility index (Phi) is 3.72. The predicted molar refractivity (Wildman–Crippen MR) is 84.5 cm³/mol. The van der Waals surface area contributed by atoms with Crippen LogP contribution in [0.2, 0.25) is 0 Å². The molecule has 0 spiro atoms. The van der Waals surface area contributed by atoms with Crippen molar-refractivity contribution in [2.45, 2.75) is 11.8 Å². The molecular formula is C15H15N3O3S. The molecule has 0 unspecified atom stereocenters. The standard InChI is InChI=1S/C15H15N3O3S/c1-2-21-12-6-8-13(9-7-12)22(19,20)18-14-5-3-4-11-10-16-17-15(11)14/h3-10,18H,2H2,1H3,(H,16,17). The zero-order valence-electron chi connectivity index (χ0n) is 11.9. The molecule has 22 heavy (non-hydrogen) atoms. The van der Waals surface area contributed by atoms with E-state index in [9.17, 15) is 8.42 Å². The lowest BCUT2D eigenvalue weighted by atomic mass is 10.2. The largest absolute Gasteiger partial charge is 0.494 e. The van der Waals surface area contributed by atoms with E-state index in [-0.39, 0.29) is 4.90 Å². The average Bonchev–Trinajstić information content (AvgIpc) is 2.97. The second kappa shape index (κ2) is 5.69. The second-order valence-electron chi connectivity index (χ2n) is 4.65. The van der Waals surface area contributed by atoms with Gasteiger partial charge in [0.15, 0.2) is 0 Å². The van der Waals surface area contributed by atoms with Crippen LogP contribution in [-0.4, -0.2) is 25.2 Å². The molecule has 3 rings (SSSR count). The van der Waals surface area contributed by atoms with Crippen LogP contribution in [0.1, 0.15) is 6.92 Å². The van der Waals surface area contributed by atoms with Gasteiger partial charge in [-0.25, -0.2) is 8.42 Å². The molecule has 1 aromatic heterocycles. The predicted octanol–water partition coefficient (Wildman–Crippen LogP) is 2.76. The first kappa shape index (κ1) is 14.4. The van der Waals surface area contributed by atoms with Gasteiger partial charge in [-0.1, -0.05) is 12.1 Å². The van der Waals surface area contributed by atoms with Gasteiger partial charge in [0.2, 0.25) is 0 Å². The van der Waals surface area contributed by atoms with Gasteiger partial charge < -0.3 is 4.74 Å². The zero-order chi connectivity index (χ0) is 15.6. The van der Waals surface area contributed by atoms with E-state index < -0.39 is 10.0 Å². The van der Waals surface area contributed by atoms with Gasteiger partial charge in [-0.2, -0.15) is 5.10 Å². The smallest absolute Gasteiger partial charge is 0.261 e. The summed E-state index contributed by atoms with van der Waals surface area (Å²) < 4.78 is 32.8. The summed E-state index contributed by atoms with van der Waals surface area (Å²) in [5.74, 6) is 0.636. The number of hydrogen-bond donors (Lipinski definition) is 2. The number of ether oxygens (including phenoxy) is 1. The van der Waals surface area contributed by atoms with Gasteiger partial charge in [0, 0.05) is 5.39 Å². The van der Waals surface area contributed by atoms with Crippen molar-refractivity contribution in [1.29, 1.82) is 0 Å². The third-order valence-electron chi connectivity index (χ3n) is 3.17. The van der Waals surface area contributed by atoms with Crippen LogP contribution < -0.4 is 9.46 Å². The number of aromatic amines is 1. The van der Waals surface area contributed by atoms with Gasteiger partial charge in [-0.15, -0.1) is 0 Å². The molecule has 0 radical (unpaired) electrons. The number of hydrogen-bond acceptors (Lipinski definition) is 4. The Hall–Kier alpha value is -2.54. The number of H-pyrrole nitrogens is 1. The Labute approximate surface area is 128 Å². The molecule has 0 aliphatic carbocycles. The van der Waals surface area contributed by atoms with Crippen LogP contribution in [-0.2, 0) is 10.0 Å². The minimum absolute atomic E-state index is 0.174. The number of rotatable bonds is 5. The molecule has 0 fully saturated rings. The highest BCUT2D eigenvalue weighted by molar-refractivity contribution is 7.92. The fourth-order valence-electron chi connectivity index (χ4n) is 2.14. The summed E-state index contributed by atoms with van der Waals surface area (Å²) >= 11 is 0. The quantitative estimate of drug-likeness (QED) is 0.758. The molecule has 0 bridgehead atoms. The van der Waals surface area contributed by atoms with E-state index >= 15 is 0 Å². The molecule has 0 atom stereocenters. The summed E-state index contributed by atoms with van der Waals surface area (Å²) in [6.07, 6.45) is 1.64. The lowest BCUT2D eigenvalue weighted by Crippen LogP contribution is -2.13. The average molecular weight is 317 g/mol. The molecule has 114 valence electrons. The molecule has 2 aromatic carbocycles. The van der Waals surface area contributed by atoms with Gasteiger partial charge in [-0.05, 0) is 37.3 Å². The Morgan fingerprint density at radius 2 is 1.95 bits per heavy atom. The number of anilines is 1. The number of fused-ring (bicyclic) bond motifs is 1. The minimum atomic E-state index is -3.67. The molecule has 1 heterocycles. The first-order valence-corrected chi connectivity index (χ1v) is 8.26.